The van der Waals surface area contributed by atoms with Crippen LogP contribution in [0.5, 0.6) is 0 Å². The van der Waals surface area contributed by atoms with Crippen molar-refractivity contribution in [2.75, 3.05) is 0 Å². The first-order valence-electron chi connectivity index (χ1n) is 6.80. The van der Waals surface area contributed by atoms with Crippen LogP contribution in [0, 0.1) is 0 Å². The Hall–Kier alpha value is -1.28. The van der Waals surface area contributed by atoms with Gasteiger partial charge in [-0.3, -0.25) is 9.36 Å². The van der Waals surface area contributed by atoms with Crippen molar-refractivity contribution in [2.45, 2.75) is 19.8 Å². The zero-order chi connectivity index (χ0) is 16.2. The van der Waals surface area contributed by atoms with Gasteiger partial charge in [-0.15, -0.1) is 0 Å². The highest BCUT2D eigenvalue weighted by atomic mass is 35.5. The Balaban J connectivity index is 2.48. The molecule has 0 N–H and O–H groups in total. The molecule has 3 nitrogen and oxygen atoms in total. The van der Waals surface area contributed by atoms with Crippen LogP contribution in [0.25, 0.3) is 0 Å². The fourth-order valence-electron chi connectivity index (χ4n) is 1.92. The Labute approximate surface area is 139 Å². The molecule has 0 aliphatic rings. The molecule has 2 aromatic rings. The highest BCUT2D eigenvalue weighted by Gasteiger charge is 2.32. The lowest BCUT2D eigenvalue weighted by atomic mass is 10.3. The van der Waals surface area contributed by atoms with Crippen molar-refractivity contribution in [1.82, 2.24) is 0 Å². The van der Waals surface area contributed by atoms with Crippen LogP contribution in [0.15, 0.2) is 48.5 Å². The SMILES string of the molecule is CCCC(=O)OP(=O)(c1ccc(Cl)cc1)c1ccc(Cl)cc1. The van der Waals surface area contributed by atoms with Gasteiger partial charge in [0.1, 0.15) is 0 Å². The van der Waals surface area contributed by atoms with Crippen LogP contribution < -0.4 is 10.6 Å². The van der Waals surface area contributed by atoms with Crippen molar-refractivity contribution in [2.24, 2.45) is 0 Å². The lowest BCUT2D eigenvalue weighted by Gasteiger charge is -2.19. The molecule has 0 saturated carbocycles. The zero-order valence-electron chi connectivity index (χ0n) is 12.0. The summed E-state index contributed by atoms with van der Waals surface area (Å²) in [5.74, 6) is -0.490. The summed E-state index contributed by atoms with van der Waals surface area (Å²) in [6, 6.07) is 12.9. The molecule has 0 saturated heterocycles. The monoisotopic (exact) mass is 356 g/mol. The van der Waals surface area contributed by atoms with E-state index in [9.17, 15) is 9.36 Å². The number of benzene rings is 2. The molecule has 0 aromatic heterocycles. The van der Waals surface area contributed by atoms with Gasteiger partial charge in [0.05, 0.1) is 10.6 Å². The lowest BCUT2D eigenvalue weighted by Crippen LogP contribution is -2.20. The first-order valence-corrected chi connectivity index (χ1v) is 9.18. The van der Waals surface area contributed by atoms with Gasteiger partial charge < -0.3 is 4.52 Å². The fraction of sp³-hybridized carbons (Fsp3) is 0.188. The van der Waals surface area contributed by atoms with Gasteiger partial charge in [0, 0.05) is 16.5 Å². The van der Waals surface area contributed by atoms with Gasteiger partial charge in [-0.05, 0) is 55.0 Å². The van der Waals surface area contributed by atoms with E-state index in [1.54, 1.807) is 48.5 Å². The summed E-state index contributed by atoms with van der Waals surface area (Å²) in [4.78, 5) is 11.9. The van der Waals surface area contributed by atoms with E-state index in [4.69, 9.17) is 27.7 Å². The van der Waals surface area contributed by atoms with Gasteiger partial charge in [-0.25, -0.2) is 0 Å². The predicted octanol–water partition coefficient (Wildman–Crippen LogP) is 4.57. The maximum Gasteiger partial charge on any atom is 0.311 e. The van der Waals surface area contributed by atoms with E-state index in [1.807, 2.05) is 6.92 Å². The summed E-state index contributed by atoms with van der Waals surface area (Å²) in [6.07, 6.45) is 0.839. The molecule has 0 atom stereocenters. The summed E-state index contributed by atoms with van der Waals surface area (Å²) in [6.45, 7) is 1.86. The first-order chi connectivity index (χ1) is 10.5. The Morgan fingerprint density at radius 3 is 1.73 bits per heavy atom. The number of rotatable bonds is 5. The van der Waals surface area contributed by atoms with Gasteiger partial charge in [0.2, 0.25) is 0 Å². The normalized spacial score (nSPS) is 11.2. The number of halogens is 2. The summed E-state index contributed by atoms with van der Waals surface area (Å²) in [7, 11) is -3.52. The standard InChI is InChI=1S/C16H15Cl2O3P/c1-2-3-16(19)21-22(20,14-8-4-12(17)5-9-14)15-10-6-13(18)7-11-15/h4-11H,2-3H2,1H3. The van der Waals surface area contributed by atoms with Crippen molar-refractivity contribution in [3.05, 3.63) is 58.6 Å². The summed E-state index contributed by atoms with van der Waals surface area (Å²) in [5.41, 5.74) is 0. The van der Waals surface area contributed by atoms with Gasteiger partial charge >= 0.3 is 13.3 Å². The van der Waals surface area contributed by atoms with Gasteiger partial charge in [0.25, 0.3) is 0 Å². The second-order valence-electron chi connectivity index (χ2n) is 4.72. The third-order valence-corrected chi connectivity index (χ3v) is 5.94. The molecular formula is C16H15Cl2O3P. The number of carbonyl (C=O) groups excluding carboxylic acids is 1. The molecule has 0 radical (unpaired) electrons. The van der Waals surface area contributed by atoms with Crippen molar-refractivity contribution >= 4 is 47.1 Å². The molecule has 0 heterocycles. The van der Waals surface area contributed by atoms with E-state index < -0.39 is 13.3 Å². The minimum absolute atomic E-state index is 0.213. The Morgan fingerprint density at radius 2 is 1.36 bits per heavy atom. The fourth-order valence-corrected chi connectivity index (χ4v) is 4.14. The molecule has 116 valence electrons. The Kier molecular flexibility index (Phi) is 5.69. The van der Waals surface area contributed by atoms with E-state index in [0.29, 0.717) is 27.1 Å². The number of hydrogen-bond acceptors (Lipinski definition) is 3. The Bertz CT molecular complexity index is 647. The van der Waals surface area contributed by atoms with Crippen LogP contribution in [0.4, 0.5) is 0 Å². The lowest BCUT2D eigenvalue weighted by molar-refractivity contribution is -0.133. The van der Waals surface area contributed by atoms with Crippen molar-refractivity contribution < 1.29 is 13.9 Å². The highest BCUT2D eigenvalue weighted by molar-refractivity contribution is 7.74. The molecule has 0 bridgehead atoms. The van der Waals surface area contributed by atoms with Crippen LogP contribution in [0.2, 0.25) is 10.0 Å². The minimum atomic E-state index is -3.52. The maximum absolute atomic E-state index is 13.4. The van der Waals surface area contributed by atoms with Crippen LogP contribution in [-0.4, -0.2) is 5.97 Å². The molecule has 0 fully saturated rings. The van der Waals surface area contributed by atoms with Crippen LogP contribution in [-0.2, 0) is 13.9 Å². The van der Waals surface area contributed by atoms with Crippen LogP contribution >= 0.6 is 30.6 Å². The van der Waals surface area contributed by atoms with Gasteiger partial charge in [-0.2, -0.15) is 0 Å². The van der Waals surface area contributed by atoms with Gasteiger partial charge in [0.15, 0.2) is 0 Å². The van der Waals surface area contributed by atoms with E-state index in [0.717, 1.165) is 0 Å². The molecule has 0 aliphatic carbocycles. The molecule has 0 aliphatic heterocycles. The van der Waals surface area contributed by atoms with Crippen LogP contribution in [0.3, 0.4) is 0 Å². The second kappa shape index (κ2) is 7.32. The largest absolute Gasteiger partial charge is 0.405 e. The zero-order valence-corrected chi connectivity index (χ0v) is 14.4. The molecule has 0 unspecified atom stereocenters. The minimum Gasteiger partial charge on any atom is -0.405 e. The quantitative estimate of drug-likeness (QED) is 0.737. The predicted molar refractivity (Wildman–Crippen MR) is 90.8 cm³/mol. The molecule has 2 aromatic carbocycles. The summed E-state index contributed by atoms with van der Waals surface area (Å²) in [5, 5.41) is 1.88. The third kappa shape index (κ3) is 3.92. The van der Waals surface area contributed by atoms with Crippen molar-refractivity contribution in [3.63, 3.8) is 0 Å². The molecule has 2 rings (SSSR count). The summed E-state index contributed by atoms with van der Waals surface area (Å²) < 4.78 is 18.8. The smallest absolute Gasteiger partial charge is 0.311 e. The third-order valence-electron chi connectivity index (χ3n) is 3.02. The maximum atomic E-state index is 13.4. The number of hydrogen-bond donors (Lipinski definition) is 0. The summed E-state index contributed by atoms with van der Waals surface area (Å²) >= 11 is 11.7. The van der Waals surface area contributed by atoms with Crippen molar-refractivity contribution in [1.29, 1.82) is 0 Å². The van der Waals surface area contributed by atoms with E-state index in [2.05, 4.69) is 0 Å². The highest BCUT2D eigenvalue weighted by Crippen LogP contribution is 2.45. The molecule has 0 amide bonds. The molecule has 22 heavy (non-hydrogen) atoms. The molecule has 0 spiro atoms. The second-order valence-corrected chi connectivity index (χ2v) is 7.91. The number of carbonyl (C=O) groups is 1. The molecule has 6 heteroatoms. The molecular weight excluding hydrogens is 342 g/mol. The Morgan fingerprint density at radius 1 is 0.955 bits per heavy atom. The first kappa shape index (κ1) is 17.1. The van der Waals surface area contributed by atoms with E-state index in [1.165, 1.54) is 0 Å². The van der Waals surface area contributed by atoms with Crippen LogP contribution in [0.1, 0.15) is 19.8 Å². The van der Waals surface area contributed by atoms with Gasteiger partial charge in [-0.1, -0.05) is 30.1 Å². The van der Waals surface area contributed by atoms with E-state index in [-0.39, 0.29) is 6.42 Å². The topological polar surface area (TPSA) is 43.4 Å². The average Bonchev–Trinajstić information content (AvgIpc) is 2.48. The average molecular weight is 357 g/mol. The van der Waals surface area contributed by atoms with E-state index >= 15 is 0 Å². The van der Waals surface area contributed by atoms with Crippen molar-refractivity contribution in [3.8, 4) is 0 Å².